The Morgan fingerprint density at radius 2 is 2.25 bits per heavy atom. The molecule has 0 atom stereocenters. The third-order valence-electron chi connectivity index (χ3n) is 2.20. The third kappa shape index (κ3) is 0.936. The first kappa shape index (κ1) is 5.87. The van der Waals surface area contributed by atoms with Gasteiger partial charge in [0.2, 0.25) is 0 Å². The molecule has 0 saturated heterocycles. The van der Waals surface area contributed by atoms with Crippen molar-refractivity contribution in [1.82, 2.24) is 0 Å². The average molecular weight is 110 g/mol. The van der Waals surface area contributed by atoms with Gasteiger partial charge in [0.05, 0.1) is 0 Å². The monoisotopic (exact) mass is 110 g/mol. The van der Waals surface area contributed by atoms with E-state index < -0.39 is 0 Å². The molecule has 1 fully saturated rings. The molecule has 0 aromatic rings. The lowest BCUT2D eigenvalue weighted by Gasteiger charge is -2.37. The molecular formula is C8H14. The highest BCUT2D eigenvalue weighted by Gasteiger charge is 2.29. The largest absolute Gasteiger partial charge is 0.103 e. The van der Waals surface area contributed by atoms with E-state index in [1.165, 1.54) is 25.7 Å². The van der Waals surface area contributed by atoms with Gasteiger partial charge in [0.25, 0.3) is 0 Å². The number of hydrogen-bond donors (Lipinski definition) is 0. The third-order valence-corrected chi connectivity index (χ3v) is 2.20. The van der Waals surface area contributed by atoms with Crippen molar-refractivity contribution in [2.45, 2.75) is 32.6 Å². The fourth-order valence-corrected chi connectivity index (χ4v) is 1.33. The van der Waals surface area contributed by atoms with Gasteiger partial charge in [0, 0.05) is 0 Å². The van der Waals surface area contributed by atoms with E-state index in [1.807, 2.05) is 6.08 Å². The highest BCUT2D eigenvalue weighted by Crippen LogP contribution is 2.43. The van der Waals surface area contributed by atoms with Crippen LogP contribution in [0.5, 0.6) is 0 Å². The molecule has 1 saturated carbocycles. The summed E-state index contributed by atoms with van der Waals surface area (Å²) in [7, 11) is 0. The lowest BCUT2D eigenvalue weighted by Crippen LogP contribution is -2.24. The fraction of sp³-hybridized carbons (Fsp3) is 0.750. The molecule has 0 bridgehead atoms. The highest BCUT2D eigenvalue weighted by atomic mass is 14.3. The van der Waals surface area contributed by atoms with Gasteiger partial charge in [0.15, 0.2) is 0 Å². The summed E-state index contributed by atoms with van der Waals surface area (Å²) in [6, 6.07) is 0. The van der Waals surface area contributed by atoms with Gasteiger partial charge in [-0.1, -0.05) is 19.4 Å². The van der Waals surface area contributed by atoms with Crippen molar-refractivity contribution in [2.75, 3.05) is 0 Å². The van der Waals surface area contributed by atoms with Crippen LogP contribution in [0, 0.1) is 5.41 Å². The molecule has 0 aromatic carbocycles. The van der Waals surface area contributed by atoms with Crippen LogP contribution in [0.4, 0.5) is 0 Å². The maximum absolute atomic E-state index is 3.73. The summed E-state index contributed by atoms with van der Waals surface area (Å²) < 4.78 is 0. The van der Waals surface area contributed by atoms with Gasteiger partial charge in [-0.25, -0.2) is 0 Å². The van der Waals surface area contributed by atoms with Crippen LogP contribution in [-0.2, 0) is 0 Å². The van der Waals surface area contributed by atoms with Gasteiger partial charge in [-0.05, 0) is 24.7 Å². The van der Waals surface area contributed by atoms with Gasteiger partial charge in [0.1, 0.15) is 0 Å². The van der Waals surface area contributed by atoms with Crippen molar-refractivity contribution in [1.29, 1.82) is 0 Å². The van der Waals surface area contributed by atoms with Crippen LogP contribution < -0.4 is 0 Å². The first-order valence-corrected chi connectivity index (χ1v) is 3.38. The topological polar surface area (TPSA) is 0 Å². The van der Waals surface area contributed by atoms with Gasteiger partial charge < -0.3 is 0 Å². The van der Waals surface area contributed by atoms with E-state index in [0.29, 0.717) is 5.41 Å². The van der Waals surface area contributed by atoms with Crippen LogP contribution in [0.15, 0.2) is 12.7 Å². The molecule has 0 heterocycles. The van der Waals surface area contributed by atoms with Crippen LogP contribution in [0.25, 0.3) is 0 Å². The Bertz CT molecular complexity index is 88.2. The summed E-state index contributed by atoms with van der Waals surface area (Å²) in [5, 5.41) is 0. The van der Waals surface area contributed by atoms with Crippen LogP contribution >= 0.6 is 0 Å². The van der Waals surface area contributed by atoms with E-state index in [0.717, 1.165) is 0 Å². The minimum absolute atomic E-state index is 0.655. The normalized spacial score (nSPS) is 24.1. The zero-order valence-electron chi connectivity index (χ0n) is 5.61. The zero-order valence-corrected chi connectivity index (χ0v) is 5.61. The molecule has 0 radical (unpaired) electrons. The van der Waals surface area contributed by atoms with Gasteiger partial charge in [-0.3, -0.25) is 0 Å². The first-order valence-electron chi connectivity index (χ1n) is 3.38. The molecule has 0 heteroatoms. The van der Waals surface area contributed by atoms with Crippen molar-refractivity contribution >= 4 is 0 Å². The predicted octanol–water partition coefficient (Wildman–Crippen LogP) is 2.75. The summed E-state index contributed by atoms with van der Waals surface area (Å²) in [4.78, 5) is 0. The molecule has 1 aliphatic carbocycles. The maximum Gasteiger partial charge on any atom is -0.0291 e. The van der Waals surface area contributed by atoms with Crippen molar-refractivity contribution in [2.24, 2.45) is 5.41 Å². The summed E-state index contributed by atoms with van der Waals surface area (Å²) in [6.45, 7) is 6.07. The highest BCUT2D eigenvalue weighted by molar-refractivity contribution is 4.88. The Balaban J connectivity index is 2.29. The Morgan fingerprint density at radius 3 is 2.38 bits per heavy atom. The Labute approximate surface area is 51.6 Å². The van der Waals surface area contributed by atoms with Gasteiger partial charge in [-0.15, -0.1) is 6.58 Å². The summed E-state index contributed by atoms with van der Waals surface area (Å²) in [5.74, 6) is 0. The molecule has 1 rings (SSSR count). The second kappa shape index (κ2) is 1.93. The van der Waals surface area contributed by atoms with Crippen molar-refractivity contribution in [3.8, 4) is 0 Å². The molecule has 8 heavy (non-hydrogen) atoms. The van der Waals surface area contributed by atoms with E-state index >= 15 is 0 Å². The molecule has 0 nitrogen and oxygen atoms in total. The van der Waals surface area contributed by atoms with Crippen LogP contribution in [0.3, 0.4) is 0 Å². The zero-order chi connectivity index (χ0) is 6.04. The Hall–Kier alpha value is -0.260. The minimum atomic E-state index is 0.655. The number of hydrogen-bond acceptors (Lipinski definition) is 0. The lowest BCUT2D eigenvalue weighted by molar-refractivity contribution is 0.166. The maximum atomic E-state index is 3.73. The molecule has 0 amide bonds. The minimum Gasteiger partial charge on any atom is -0.103 e. The molecular weight excluding hydrogens is 96.1 g/mol. The second-order valence-electron chi connectivity index (χ2n) is 3.16. The van der Waals surface area contributed by atoms with Gasteiger partial charge >= 0.3 is 0 Å². The quantitative estimate of drug-likeness (QED) is 0.479. The Morgan fingerprint density at radius 1 is 1.62 bits per heavy atom. The molecule has 1 aliphatic rings. The smallest absolute Gasteiger partial charge is 0.0291 e. The predicted molar refractivity (Wildman–Crippen MR) is 36.8 cm³/mol. The summed E-state index contributed by atoms with van der Waals surface area (Å²) in [6.07, 6.45) is 7.52. The summed E-state index contributed by atoms with van der Waals surface area (Å²) >= 11 is 0. The SMILES string of the molecule is C=CCC1(C)CCC1. The van der Waals surface area contributed by atoms with Crippen molar-refractivity contribution in [3.63, 3.8) is 0 Å². The standard InChI is InChI=1S/C8H14/c1-3-5-8(2)6-4-7-8/h3H,1,4-7H2,2H3. The first-order chi connectivity index (χ1) is 3.77. The van der Waals surface area contributed by atoms with Crippen LogP contribution in [-0.4, -0.2) is 0 Å². The van der Waals surface area contributed by atoms with Crippen LogP contribution in [0.1, 0.15) is 32.6 Å². The molecule has 46 valence electrons. The average Bonchev–Trinajstić information content (AvgIpc) is 1.64. The molecule has 0 unspecified atom stereocenters. The summed E-state index contributed by atoms with van der Waals surface area (Å²) in [5.41, 5.74) is 0.655. The fourth-order valence-electron chi connectivity index (χ4n) is 1.33. The van der Waals surface area contributed by atoms with Gasteiger partial charge in [-0.2, -0.15) is 0 Å². The number of rotatable bonds is 2. The molecule has 0 N–H and O–H groups in total. The van der Waals surface area contributed by atoms with Crippen molar-refractivity contribution < 1.29 is 0 Å². The molecule has 0 aliphatic heterocycles. The molecule has 0 spiro atoms. The van der Waals surface area contributed by atoms with E-state index in [4.69, 9.17) is 0 Å². The van der Waals surface area contributed by atoms with Crippen molar-refractivity contribution in [3.05, 3.63) is 12.7 Å². The van der Waals surface area contributed by atoms with E-state index in [-0.39, 0.29) is 0 Å². The van der Waals surface area contributed by atoms with Crippen LogP contribution in [0.2, 0.25) is 0 Å². The molecule has 0 aromatic heterocycles. The lowest BCUT2D eigenvalue weighted by atomic mass is 9.68. The van der Waals surface area contributed by atoms with E-state index in [9.17, 15) is 0 Å². The van der Waals surface area contributed by atoms with E-state index in [2.05, 4.69) is 13.5 Å². The van der Waals surface area contributed by atoms with E-state index in [1.54, 1.807) is 0 Å². The Kier molecular flexibility index (Phi) is 1.41. The number of allylic oxidation sites excluding steroid dienone is 1. The second-order valence-corrected chi connectivity index (χ2v) is 3.16.